The average Bonchev–Trinajstić information content (AvgIpc) is 1.94. The molecule has 0 amide bonds. The first kappa shape index (κ1) is 9.04. The van der Waals surface area contributed by atoms with Crippen molar-refractivity contribution in [2.45, 2.75) is 26.2 Å². The van der Waals surface area contributed by atoms with Crippen LogP contribution < -0.4 is 5.73 Å². The highest BCUT2D eigenvalue weighted by molar-refractivity contribution is 6.45. The minimum atomic E-state index is -0.315. The maximum Gasteiger partial charge on any atom is 0.376 e. The molecule has 0 aromatic heterocycles. The number of nitrogens with zero attached hydrogens (tertiary/aromatic N) is 1. The van der Waals surface area contributed by atoms with E-state index < -0.39 is 0 Å². The summed E-state index contributed by atoms with van der Waals surface area (Å²) in [5.41, 5.74) is 5.83. The lowest BCUT2D eigenvalue weighted by molar-refractivity contribution is 0.228. The average molecular weight is 156 g/mol. The normalized spacial score (nSPS) is 33.8. The van der Waals surface area contributed by atoms with Gasteiger partial charge in [0.2, 0.25) is 0 Å². The summed E-state index contributed by atoms with van der Waals surface area (Å²) >= 11 is 0. The van der Waals surface area contributed by atoms with Crippen LogP contribution in [0.25, 0.3) is 0 Å². The van der Waals surface area contributed by atoms with Crippen LogP contribution in [0.5, 0.6) is 0 Å². The Balaban J connectivity index is 2.40. The quantitative estimate of drug-likeness (QED) is 0.515. The molecule has 64 valence electrons. The summed E-state index contributed by atoms with van der Waals surface area (Å²) in [7, 11) is -0.315. The Kier molecular flexibility index (Phi) is 2.93. The van der Waals surface area contributed by atoms with Gasteiger partial charge >= 0.3 is 7.05 Å². The minimum Gasteiger partial charge on any atom is -0.437 e. The van der Waals surface area contributed by atoms with Crippen LogP contribution in [-0.4, -0.2) is 36.0 Å². The van der Waals surface area contributed by atoms with Crippen molar-refractivity contribution in [3.8, 4) is 0 Å². The van der Waals surface area contributed by atoms with E-state index in [0.29, 0.717) is 12.0 Å². The standard InChI is InChI=1S/C7H17BN2O/c1-6-5-10(8(2)11)4-3-7(6)9/h6-7,11H,3-5,9H2,1-2H3/t6-,7-/m0/s1. The molecule has 3 nitrogen and oxygen atoms in total. The van der Waals surface area contributed by atoms with Gasteiger partial charge in [-0.25, -0.2) is 0 Å². The van der Waals surface area contributed by atoms with Gasteiger partial charge in [-0.15, -0.1) is 0 Å². The Hall–Kier alpha value is -0.0551. The molecule has 1 aliphatic heterocycles. The topological polar surface area (TPSA) is 49.5 Å². The van der Waals surface area contributed by atoms with Crippen LogP contribution in [0, 0.1) is 5.92 Å². The van der Waals surface area contributed by atoms with E-state index >= 15 is 0 Å². The zero-order valence-electron chi connectivity index (χ0n) is 7.33. The Morgan fingerprint density at radius 3 is 2.73 bits per heavy atom. The summed E-state index contributed by atoms with van der Waals surface area (Å²) in [6.07, 6.45) is 1.01. The molecule has 0 saturated carbocycles. The largest absolute Gasteiger partial charge is 0.437 e. The predicted molar refractivity (Wildman–Crippen MR) is 47.2 cm³/mol. The van der Waals surface area contributed by atoms with E-state index in [1.807, 2.05) is 6.82 Å². The second kappa shape index (κ2) is 3.56. The van der Waals surface area contributed by atoms with E-state index in [1.54, 1.807) is 0 Å². The first-order valence-corrected chi connectivity index (χ1v) is 4.29. The lowest BCUT2D eigenvalue weighted by atomic mass is 9.80. The first-order valence-electron chi connectivity index (χ1n) is 4.29. The highest BCUT2D eigenvalue weighted by Crippen LogP contribution is 2.14. The van der Waals surface area contributed by atoms with Crippen LogP contribution in [0.3, 0.4) is 0 Å². The predicted octanol–water partition coefficient (Wildman–Crippen LogP) is -0.234. The van der Waals surface area contributed by atoms with Crippen molar-refractivity contribution in [2.75, 3.05) is 13.1 Å². The molecule has 0 aliphatic carbocycles. The molecule has 1 rings (SSSR count). The van der Waals surface area contributed by atoms with Crippen LogP contribution >= 0.6 is 0 Å². The summed E-state index contributed by atoms with van der Waals surface area (Å²) in [4.78, 5) is 2.06. The monoisotopic (exact) mass is 156 g/mol. The highest BCUT2D eigenvalue weighted by Gasteiger charge is 2.26. The second-order valence-corrected chi connectivity index (χ2v) is 3.56. The van der Waals surface area contributed by atoms with Crippen LogP contribution in [0.4, 0.5) is 0 Å². The van der Waals surface area contributed by atoms with Crippen LogP contribution in [0.2, 0.25) is 6.82 Å². The summed E-state index contributed by atoms with van der Waals surface area (Å²) in [6, 6.07) is 0.324. The van der Waals surface area contributed by atoms with Gasteiger partial charge in [-0.1, -0.05) is 6.92 Å². The molecule has 0 aromatic carbocycles. The molecule has 11 heavy (non-hydrogen) atoms. The van der Waals surface area contributed by atoms with Crippen molar-refractivity contribution in [3.63, 3.8) is 0 Å². The van der Waals surface area contributed by atoms with Gasteiger partial charge in [0.15, 0.2) is 0 Å². The van der Waals surface area contributed by atoms with Crippen LogP contribution in [0.15, 0.2) is 0 Å². The van der Waals surface area contributed by atoms with E-state index in [2.05, 4.69) is 11.7 Å². The van der Waals surface area contributed by atoms with E-state index in [4.69, 9.17) is 5.73 Å². The fourth-order valence-electron chi connectivity index (χ4n) is 1.54. The Labute approximate surface area is 68.7 Å². The van der Waals surface area contributed by atoms with Gasteiger partial charge in [0.25, 0.3) is 0 Å². The number of hydrogen-bond acceptors (Lipinski definition) is 3. The van der Waals surface area contributed by atoms with Crippen molar-refractivity contribution >= 4 is 7.05 Å². The van der Waals surface area contributed by atoms with Crippen molar-refractivity contribution in [2.24, 2.45) is 11.7 Å². The molecule has 0 aromatic rings. The summed E-state index contributed by atoms with van der Waals surface area (Å²) in [6.45, 7) is 5.81. The molecular formula is C7H17BN2O. The Bertz CT molecular complexity index is 132. The minimum absolute atomic E-state index is 0.315. The van der Waals surface area contributed by atoms with E-state index in [0.717, 1.165) is 19.5 Å². The lowest BCUT2D eigenvalue weighted by Crippen LogP contribution is -2.50. The van der Waals surface area contributed by atoms with Crippen molar-refractivity contribution in [1.82, 2.24) is 4.81 Å². The maximum atomic E-state index is 9.27. The third kappa shape index (κ3) is 2.19. The van der Waals surface area contributed by atoms with Gasteiger partial charge in [0.1, 0.15) is 0 Å². The summed E-state index contributed by atoms with van der Waals surface area (Å²) < 4.78 is 0. The molecule has 0 unspecified atom stereocenters. The Morgan fingerprint density at radius 2 is 2.27 bits per heavy atom. The van der Waals surface area contributed by atoms with Crippen molar-refractivity contribution < 1.29 is 5.02 Å². The molecule has 1 heterocycles. The molecule has 0 radical (unpaired) electrons. The molecule has 1 aliphatic rings. The van der Waals surface area contributed by atoms with Crippen LogP contribution in [-0.2, 0) is 0 Å². The Morgan fingerprint density at radius 1 is 1.64 bits per heavy atom. The third-order valence-corrected chi connectivity index (χ3v) is 2.53. The molecule has 1 fully saturated rings. The van der Waals surface area contributed by atoms with Gasteiger partial charge in [-0.3, -0.25) is 0 Å². The van der Waals surface area contributed by atoms with Gasteiger partial charge < -0.3 is 15.6 Å². The molecular weight excluding hydrogens is 139 g/mol. The van der Waals surface area contributed by atoms with Gasteiger partial charge in [0, 0.05) is 6.04 Å². The molecule has 3 N–H and O–H groups in total. The molecule has 1 saturated heterocycles. The lowest BCUT2D eigenvalue weighted by Gasteiger charge is -2.35. The number of rotatable bonds is 1. The van der Waals surface area contributed by atoms with Gasteiger partial charge in [0.05, 0.1) is 0 Å². The van der Waals surface area contributed by atoms with Crippen molar-refractivity contribution in [3.05, 3.63) is 0 Å². The molecule has 2 atom stereocenters. The maximum absolute atomic E-state index is 9.27. The molecule has 0 spiro atoms. The first-order chi connectivity index (χ1) is 5.11. The van der Waals surface area contributed by atoms with Crippen LogP contribution in [0.1, 0.15) is 13.3 Å². The highest BCUT2D eigenvalue weighted by atomic mass is 16.2. The van der Waals surface area contributed by atoms with E-state index in [9.17, 15) is 5.02 Å². The zero-order valence-corrected chi connectivity index (χ0v) is 7.33. The summed E-state index contributed by atoms with van der Waals surface area (Å²) in [5.74, 6) is 0.512. The van der Waals surface area contributed by atoms with E-state index in [-0.39, 0.29) is 7.05 Å². The number of piperidine rings is 1. The fraction of sp³-hybridized carbons (Fsp3) is 1.00. The summed E-state index contributed by atoms with van der Waals surface area (Å²) in [5, 5.41) is 9.27. The number of hydrogen-bond donors (Lipinski definition) is 2. The molecule has 4 heteroatoms. The number of nitrogens with two attached hydrogens (primary N) is 1. The van der Waals surface area contributed by atoms with Gasteiger partial charge in [-0.2, -0.15) is 0 Å². The van der Waals surface area contributed by atoms with Gasteiger partial charge in [-0.05, 0) is 32.3 Å². The fourth-order valence-corrected chi connectivity index (χ4v) is 1.54. The van der Waals surface area contributed by atoms with Crippen molar-refractivity contribution in [1.29, 1.82) is 0 Å². The SMILES string of the molecule is CB(O)N1CC[C@H](N)[C@@H](C)C1. The second-order valence-electron chi connectivity index (χ2n) is 3.56. The smallest absolute Gasteiger partial charge is 0.376 e. The van der Waals surface area contributed by atoms with E-state index in [1.165, 1.54) is 0 Å². The molecule has 0 bridgehead atoms. The zero-order chi connectivity index (χ0) is 8.43. The third-order valence-electron chi connectivity index (χ3n) is 2.53.